The summed E-state index contributed by atoms with van der Waals surface area (Å²) in [5.74, 6) is 1.01. The molecule has 0 spiro atoms. The molecule has 0 saturated carbocycles. The maximum atomic E-state index is 11.9. The summed E-state index contributed by atoms with van der Waals surface area (Å²) in [5, 5.41) is 5.02. The van der Waals surface area contributed by atoms with Crippen LogP contribution in [-0.2, 0) is 4.79 Å². The maximum absolute atomic E-state index is 11.9. The average Bonchev–Trinajstić information content (AvgIpc) is 2.61. The van der Waals surface area contributed by atoms with E-state index >= 15 is 0 Å². The third-order valence-corrected chi connectivity index (χ3v) is 4.67. The minimum absolute atomic E-state index is 0.217. The van der Waals surface area contributed by atoms with Crippen molar-refractivity contribution in [2.24, 2.45) is 5.10 Å². The van der Waals surface area contributed by atoms with E-state index in [2.05, 4.69) is 10.5 Å². The molecule has 8 heteroatoms. The molecule has 0 aliphatic heterocycles. The van der Waals surface area contributed by atoms with Crippen LogP contribution in [0.15, 0.2) is 46.4 Å². The van der Waals surface area contributed by atoms with E-state index in [-0.39, 0.29) is 11.7 Å². The molecule has 0 unspecified atom stereocenters. The molecule has 26 heavy (non-hydrogen) atoms. The highest BCUT2D eigenvalue weighted by Crippen LogP contribution is 2.35. The number of thioether (sulfide) groups is 1. The second kappa shape index (κ2) is 10.3. The molecule has 0 aliphatic rings. The Kier molecular flexibility index (Phi) is 8.09. The molecule has 0 aromatic heterocycles. The van der Waals surface area contributed by atoms with Crippen molar-refractivity contribution in [2.75, 3.05) is 19.5 Å². The first-order valence-electron chi connectivity index (χ1n) is 7.74. The lowest BCUT2D eigenvalue weighted by molar-refractivity contribution is -0.118. The lowest BCUT2D eigenvalue weighted by atomic mass is 10.2. The minimum Gasteiger partial charge on any atom is -0.491 e. The van der Waals surface area contributed by atoms with Gasteiger partial charge in [0.05, 0.1) is 30.7 Å². The number of hydrogen-bond acceptors (Lipinski definition) is 5. The Hall–Kier alpha value is -1.89. The molecule has 0 radical (unpaired) electrons. The van der Waals surface area contributed by atoms with Crippen LogP contribution >= 0.6 is 35.0 Å². The van der Waals surface area contributed by atoms with Crippen LogP contribution in [-0.4, -0.2) is 31.6 Å². The summed E-state index contributed by atoms with van der Waals surface area (Å²) in [6.45, 7) is 2.35. The summed E-state index contributed by atoms with van der Waals surface area (Å²) in [5.41, 5.74) is 3.17. The maximum Gasteiger partial charge on any atom is 0.250 e. The molecule has 5 nitrogen and oxygen atoms in total. The van der Waals surface area contributed by atoms with Crippen LogP contribution in [0.2, 0.25) is 10.0 Å². The van der Waals surface area contributed by atoms with Crippen molar-refractivity contribution in [2.45, 2.75) is 11.8 Å². The van der Waals surface area contributed by atoms with Crippen LogP contribution in [0.1, 0.15) is 12.5 Å². The first-order chi connectivity index (χ1) is 12.5. The van der Waals surface area contributed by atoms with E-state index in [0.717, 1.165) is 4.90 Å². The summed E-state index contributed by atoms with van der Waals surface area (Å²) in [7, 11) is 1.52. The standard InChI is InChI=1S/C18H18Cl2N2O3S/c1-3-25-16-9-12(8-15(20)18(16)24-2)10-21-22-17(23)11-26-14-6-4-13(19)5-7-14/h4-10H,3,11H2,1-2H3,(H,22,23)/b21-10-. The van der Waals surface area contributed by atoms with Gasteiger partial charge in [0.25, 0.3) is 0 Å². The number of rotatable bonds is 8. The van der Waals surface area contributed by atoms with Gasteiger partial charge in [-0.05, 0) is 48.9 Å². The molecule has 2 aromatic rings. The summed E-state index contributed by atoms with van der Waals surface area (Å²) in [6, 6.07) is 10.7. The average molecular weight is 413 g/mol. The number of carbonyl (C=O) groups excluding carboxylic acids is 1. The fourth-order valence-electron chi connectivity index (χ4n) is 2.01. The molecular weight excluding hydrogens is 395 g/mol. The first-order valence-corrected chi connectivity index (χ1v) is 9.48. The number of carbonyl (C=O) groups is 1. The van der Waals surface area contributed by atoms with Crippen molar-refractivity contribution >= 4 is 47.1 Å². The number of amides is 1. The molecule has 2 aromatic carbocycles. The van der Waals surface area contributed by atoms with E-state index in [1.807, 2.05) is 19.1 Å². The Bertz CT molecular complexity index is 783. The number of halogens is 2. The smallest absolute Gasteiger partial charge is 0.250 e. The Morgan fingerprint density at radius 1 is 1.27 bits per heavy atom. The summed E-state index contributed by atoms with van der Waals surface area (Å²) in [4.78, 5) is 12.8. The lowest BCUT2D eigenvalue weighted by Gasteiger charge is -2.11. The fourth-order valence-corrected chi connectivity index (χ4v) is 3.13. The highest BCUT2D eigenvalue weighted by Gasteiger charge is 2.10. The van der Waals surface area contributed by atoms with Gasteiger partial charge in [-0.2, -0.15) is 5.10 Å². The van der Waals surface area contributed by atoms with E-state index in [1.165, 1.54) is 25.1 Å². The van der Waals surface area contributed by atoms with E-state index < -0.39 is 0 Å². The van der Waals surface area contributed by atoms with Crippen LogP contribution in [0.4, 0.5) is 0 Å². The monoisotopic (exact) mass is 412 g/mol. The van der Waals surface area contributed by atoms with Crippen LogP contribution in [0.3, 0.4) is 0 Å². The highest BCUT2D eigenvalue weighted by molar-refractivity contribution is 8.00. The molecule has 0 atom stereocenters. The lowest BCUT2D eigenvalue weighted by Crippen LogP contribution is -2.19. The van der Waals surface area contributed by atoms with Gasteiger partial charge in [-0.3, -0.25) is 4.79 Å². The number of nitrogens with one attached hydrogen (secondary N) is 1. The zero-order chi connectivity index (χ0) is 18.9. The number of hydrogen-bond donors (Lipinski definition) is 1. The number of benzene rings is 2. The van der Waals surface area contributed by atoms with Gasteiger partial charge in [-0.25, -0.2) is 5.43 Å². The third kappa shape index (κ3) is 6.12. The Morgan fingerprint density at radius 2 is 2.00 bits per heavy atom. The zero-order valence-electron chi connectivity index (χ0n) is 14.3. The van der Waals surface area contributed by atoms with Gasteiger partial charge < -0.3 is 9.47 Å². The van der Waals surface area contributed by atoms with Crippen LogP contribution < -0.4 is 14.9 Å². The largest absolute Gasteiger partial charge is 0.491 e. The Balaban J connectivity index is 1.92. The summed E-state index contributed by atoms with van der Waals surface area (Å²) >= 11 is 13.4. The Labute approximate surface area is 166 Å². The van der Waals surface area contributed by atoms with E-state index in [4.69, 9.17) is 32.7 Å². The second-order valence-electron chi connectivity index (χ2n) is 5.00. The van der Waals surface area contributed by atoms with Crippen molar-refractivity contribution < 1.29 is 14.3 Å². The van der Waals surface area contributed by atoms with Gasteiger partial charge >= 0.3 is 0 Å². The van der Waals surface area contributed by atoms with E-state index in [1.54, 1.807) is 24.3 Å². The minimum atomic E-state index is -0.217. The summed E-state index contributed by atoms with van der Waals surface area (Å²) in [6.07, 6.45) is 1.50. The topological polar surface area (TPSA) is 59.9 Å². The van der Waals surface area contributed by atoms with Crippen molar-refractivity contribution in [3.63, 3.8) is 0 Å². The van der Waals surface area contributed by atoms with Crippen LogP contribution in [0, 0.1) is 0 Å². The predicted octanol–water partition coefficient (Wildman–Crippen LogP) is 4.64. The van der Waals surface area contributed by atoms with Gasteiger partial charge in [0.15, 0.2) is 11.5 Å². The number of nitrogens with zero attached hydrogens (tertiary/aromatic N) is 1. The van der Waals surface area contributed by atoms with Crippen molar-refractivity contribution in [1.29, 1.82) is 0 Å². The number of ether oxygens (including phenoxy) is 2. The second-order valence-corrected chi connectivity index (χ2v) is 6.90. The van der Waals surface area contributed by atoms with E-state index in [9.17, 15) is 4.79 Å². The molecule has 0 saturated heterocycles. The zero-order valence-corrected chi connectivity index (χ0v) is 16.6. The summed E-state index contributed by atoms with van der Waals surface area (Å²) < 4.78 is 10.7. The van der Waals surface area contributed by atoms with Crippen molar-refractivity contribution in [3.8, 4) is 11.5 Å². The third-order valence-electron chi connectivity index (χ3n) is 3.12. The van der Waals surface area contributed by atoms with Gasteiger partial charge in [-0.15, -0.1) is 11.8 Å². The van der Waals surface area contributed by atoms with Crippen molar-refractivity contribution in [3.05, 3.63) is 52.0 Å². The SMILES string of the molecule is CCOc1cc(/C=N\NC(=O)CSc2ccc(Cl)cc2)cc(Cl)c1OC. The molecule has 0 fully saturated rings. The van der Waals surface area contributed by atoms with Gasteiger partial charge in [0.1, 0.15) is 0 Å². The molecule has 0 bridgehead atoms. The molecule has 0 heterocycles. The Morgan fingerprint density at radius 3 is 2.65 bits per heavy atom. The molecule has 2 rings (SSSR count). The van der Waals surface area contributed by atoms with Gasteiger partial charge in [0.2, 0.25) is 5.91 Å². The van der Waals surface area contributed by atoms with Gasteiger partial charge in [0, 0.05) is 9.92 Å². The van der Waals surface area contributed by atoms with Crippen molar-refractivity contribution in [1.82, 2.24) is 5.43 Å². The van der Waals surface area contributed by atoms with Crippen LogP contribution in [0.5, 0.6) is 11.5 Å². The first kappa shape index (κ1) is 20.4. The van der Waals surface area contributed by atoms with E-state index in [0.29, 0.717) is 33.7 Å². The molecule has 138 valence electrons. The highest BCUT2D eigenvalue weighted by atomic mass is 35.5. The molecule has 1 amide bonds. The molecular formula is C18H18Cl2N2O3S. The predicted molar refractivity (Wildman–Crippen MR) is 107 cm³/mol. The van der Waals surface area contributed by atoms with Gasteiger partial charge in [-0.1, -0.05) is 23.2 Å². The molecule has 1 N–H and O–H groups in total. The quantitative estimate of drug-likeness (QED) is 0.389. The number of hydrazone groups is 1. The fraction of sp³-hybridized carbons (Fsp3) is 0.222. The molecule has 0 aliphatic carbocycles. The normalized spacial score (nSPS) is 10.8. The number of methoxy groups -OCH3 is 1. The van der Waals surface area contributed by atoms with Crippen LogP contribution in [0.25, 0.3) is 0 Å².